The van der Waals surface area contributed by atoms with E-state index >= 15 is 0 Å². The van der Waals surface area contributed by atoms with E-state index in [9.17, 15) is 0 Å². The van der Waals surface area contributed by atoms with Crippen molar-refractivity contribution in [1.29, 1.82) is 0 Å². The summed E-state index contributed by atoms with van der Waals surface area (Å²) < 4.78 is 24.8. The molecule has 3 N–H and O–H groups in total. The SMILES string of the molecule is COc1cc(CN)cc(C2=NC=CCN2C2(OC(OC)(OC)c3ccc4ccccc4c3)CCNCC2)c1. The minimum absolute atomic E-state index is 0.400. The Labute approximate surface area is 224 Å². The number of nitrogens with one attached hydrogen (secondary N) is 1. The van der Waals surface area contributed by atoms with Gasteiger partial charge >= 0.3 is 5.97 Å². The first-order valence-electron chi connectivity index (χ1n) is 13.0. The quantitative estimate of drug-likeness (QED) is 0.414. The number of methoxy groups -OCH3 is 3. The lowest BCUT2D eigenvalue weighted by Crippen LogP contribution is -2.62. The molecule has 0 radical (unpaired) electrons. The molecule has 2 aliphatic rings. The first-order valence-corrected chi connectivity index (χ1v) is 13.0. The lowest BCUT2D eigenvalue weighted by Gasteiger charge is -2.51. The van der Waals surface area contributed by atoms with Crippen LogP contribution in [0, 0.1) is 0 Å². The molecule has 0 unspecified atom stereocenters. The normalized spacial score (nSPS) is 17.5. The lowest BCUT2D eigenvalue weighted by molar-refractivity contribution is -0.425. The van der Waals surface area contributed by atoms with Gasteiger partial charge in [0.1, 0.15) is 11.6 Å². The first-order chi connectivity index (χ1) is 18.6. The maximum absolute atomic E-state index is 7.08. The molecule has 2 heterocycles. The van der Waals surface area contributed by atoms with Gasteiger partial charge in [-0.1, -0.05) is 36.4 Å². The van der Waals surface area contributed by atoms with E-state index in [-0.39, 0.29) is 0 Å². The van der Waals surface area contributed by atoms with Crippen molar-refractivity contribution in [2.75, 3.05) is 41.0 Å². The van der Waals surface area contributed by atoms with E-state index in [4.69, 9.17) is 29.7 Å². The second kappa shape index (κ2) is 11.2. The Morgan fingerprint density at radius 3 is 2.45 bits per heavy atom. The van der Waals surface area contributed by atoms with Gasteiger partial charge in [0.2, 0.25) is 0 Å². The van der Waals surface area contributed by atoms with E-state index in [1.165, 1.54) is 0 Å². The maximum atomic E-state index is 7.08. The van der Waals surface area contributed by atoms with Crippen LogP contribution in [0.1, 0.15) is 29.5 Å². The molecule has 8 heteroatoms. The molecule has 0 aromatic heterocycles. The third-order valence-corrected chi connectivity index (χ3v) is 7.38. The summed E-state index contributed by atoms with van der Waals surface area (Å²) in [5.41, 5.74) is 7.92. The summed E-state index contributed by atoms with van der Waals surface area (Å²) in [6, 6.07) is 20.4. The van der Waals surface area contributed by atoms with E-state index in [0.717, 1.165) is 52.1 Å². The van der Waals surface area contributed by atoms with E-state index in [0.29, 0.717) is 25.9 Å². The molecule has 0 saturated carbocycles. The molecule has 0 aliphatic carbocycles. The van der Waals surface area contributed by atoms with Gasteiger partial charge in [0.05, 0.1) is 7.11 Å². The van der Waals surface area contributed by atoms with Crippen LogP contribution in [0.25, 0.3) is 10.8 Å². The van der Waals surface area contributed by atoms with Crippen molar-refractivity contribution in [1.82, 2.24) is 10.2 Å². The largest absolute Gasteiger partial charge is 0.497 e. The minimum Gasteiger partial charge on any atom is -0.497 e. The Hall–Kier alpha value is -3.27. The van der Waals surface area contributed by atoms with Gasteiger partial charge in [-0.3, -0.25) is 4.74 Å². The topological polar surface area (TPSA) is 90.6 Å². The van der Waals surface area contributed by atoms with Crippen LogP contribution in [0.3, 0.4) is 0 Å². The minimum atomic E-state index is -1.43. The van der Waals surface area contributed by atoms with Crippen LogP contribution < -0.4 is 15.8 Å². The molecule has 2 aliphatic heterocycles. The van der Waals surface area contributed by atoms with Crippen LogP contribution in [0.5, 0.6) is 5.75 Å². The molecule has 0 amide bonds. The van der Waals surface area contributed by atoms with Gasteiger partial charge in [-0.05, 0) is 59.8 Å². The molecular weight excluding hydrogens is 480 g/mol. The van der Waals surface area contributed by atoms with Crippen molar-refractivity contribution < 1.29 is 18.9 Å². The van der Waals surface area contributed by atoms with Crippen LogP contribution >= 0.6 is 0 Å². The van der Waals surface area contributed by atoms with Gasteiger partial charge in [-0.25, -0.2) is 4.99 Å². The summed E-state index contributed by atoms with van der Waals surface area (Å²) in [6.45, 7) is 2.58. The van der Waals surface area contributed by atoms with Gasteiger partial charge in [-0.15, -0.1) is 0 Å². The van der Waals surface area contributed by atoms with E-state index in [1.807, 2.05) is 42.6 Å². The molecule has 5 rings (SSSR count). The predicted molar refractivity (Wildman–Crippen MR) is 149 cm³/mol. The number of amidine groups is 1. The van der Waals surface area contributed by atoms with Crippen molar-refractivity contribution in [3.8, 4) is 5.75 Å². The molecule has 0 spiro atoms. The average molecular weight is 517 g/mol. The smallest absolute Gasteiger partial charge is 0.313 e. The zero-order chi connectivity index (χ0) is 26.6. The molecule has 200 valence electrons. The Morgan fingerprint density at radius 1 is 0.974 bits per heavy atom. The summed E-state index contributed by atoms with van der Waals surface area (Å²) >= 11 is 0. The van der Waals surface area contributed by atoms with Gasteiger partial charge in [-0.2, -0.15) is 0 Å². The number of aliphatic imine (C=N–C) groups is 1. The van der Waals surface area contributed by atoms with Crippen molar-refractivity contribution in [2.45, 2.75) is 31.1 Å². The number of nitrogens with zero attached hydrogens (tertiary/aromatic N) is 2. The van der Waals surface area contributed by atoms with Crippen LogP contribution in [-0.4, -0.2) is 57.4 Å². The standard InChI is InChI=1S/C30H36N4O4/c1-35-27-18-22(21-31)17-25(20-27)28-33-13-6-16-34(28)29(11-14-32-15-12-29)38-30(36-2,37-3)26-10-9-23-7-4-5-8-24(23)19-26/h4-10,13,17-20,32H,11-12,14-16,21,31H2,1-3H3. The second-order valence-corrected chi connectivity index (χ2v) is 9.55. The van der Waals surface area contributed by atoms with Crippen molar-refractivity contribution in [3.05, 3.63) is 89.6 Å². The van der Waals surface area contributed by atoms with Crippen molar-refractivity contribution in [2.24, 2.45) is 10.7 Å². The number of piperidine rings is 1. The maximum Gasteiger partial charge on any atom is 0.313 e. The van der Waals surface area contributed by atoms with E-state index in [1.54, 1.807) is 21.3 Å². The molecule has 1 saturated heterocycles. The zero-order valence-corrected chi connectivity index (χ0v) is 22.3. The van der Waals surface area contributed by atoms with Crippen LogP contribution in [0.4, 0.5) is 0 Å². The molecule has 1 fully saturated rings. The summed E-state index contributed by atoms with van der Waals surface area (Å²) in [5.74, 6) is 0.104. The summed E-state index contributed by atoms with van der Waals surface area (Å²) in [7, 11) is 4.90. The molecule has 3 aromatic carbocycles. The Morgan fingerprint density at radius 2 is 1.74 bits per heavy atom. The number of hydrogen-bond donors (Lipinski definition) is 2. The highest BCUT2D eigenvalue weighted by molar-refractivity contribution is 6.00. The molecule has 0 atom stereocenters. The molecule has 0 bridgehead atoms. The molecule has 38 heavy (non-hydrogen) atoms. The van der Waals surface area contributed by atoms with E-state index in [2.05, 4.69) is 40.5 Å². The second-order valence-electron chi connectivity index (χ2n) is 9.55. The summed E-state index contributed by atoms with van der Waals surface area (Å²) in [6.07, 6.45) is 5.29. The Kier molecular flexibility index (Phi) is 7.78. The summed E-state index contributed by atoms with van der Waals surface area (Å²) in [4.78, 5) is 7.05. The predicted octanol–water partition coefficient (Wildman–Crippen LogP) is 4.08. The van der Waals surface area contributed by atoms with Crippen molar-refractivity contribution >= 4 is 16.6 Å². The number of nitrogens with two attached hydrogens (primary N) is 1. The Bertz CT molecular complexity index is 1310. The number of benzene rings is 3. The van der Waals surface area contributed by atoms with Gasteiger partial charge in [0.25, 0.3) is 0 Å². The van der Waals surface area contributed by atoms with Crippen LogP contribution in [-0.2, 0) is 26.7 Å². The summed E-state index contributed by atoms with van der Waals surface area (Å²) in [5, 5.41) is 5.69. The zero-order valence-electron chi connectivity index (χ0n) is 22.3. The van der Waals surface area contributed by atoms with Gasteiger partial charge in [0.15, 0.2) is 5.72 Å². The van der Waals surface area contributed by atoms with E-state index < -0.39 is 11.7 Å². The number of rotatable bonds is 9. The molecular formula is C30H36N4O4. The third-order valence-electron chi connectivity index (χ3n) is 7.38. The molecule has 3 aromatic rings. The van der Waals surface area contributed by atoms with Gasteiger partial charge in [0, 0.05) is 57.5 Å². The lowest BCUT2D eigenvalue weighted by atomic mass is 9.96. The highest BCUT2D eigenvalue weighted by atomic mass is 16.9. The van der Waals surface area contributed by atoms with Crippen molar-refractivity contribution in [3.63, 3.8) is 0 Å². The third kappa shape index (κ3) is 4.93. The number of fused-ring (bicyclic) bond motifs is 1. The Balaban J connectivity index is 1.59. The highest BCUT2D eigenvalue weighted by Gasteiger charge is 2.49. The number of hydrogen-bond acceptors (Lipinski definition) is 8. The molecule has 8 nitrogen and oxygen atoms in total. The van der Waals surface area contributed by atoms with Crippen LogP contribution in [0.2, 0.25) is 0 Å². The monoisotopic (exact) mass is 516 g/mol. The number of ether oxygens (including phenoxy) is 4. The fourth-order valence-electron chi connectivity index (χ4n) is 5.38. The van der Waals surface area contributed by atoms with Gasteiger partial charge < -0.3 is 30.2 Å². The average Bonchev–Trinajstić information content (AvgIpc) is 3.00. The fraction of sp³-hybridized carbons (Fsp3) is 0.367. The first kappa shape index (κ1) is 26.3. The fourth-order valence-corrected chi connectivity index (χ4v) is 5.38. The highest BCUT2D eigenvalue weighted by Crippen LogP contribution is 2.41. The van der Waals surface area contributed by atoms with Crippen LogP contribution in [0.15, 0.2) is 77.9 Å².